The SMILES string of the molecule is CSCC[C@H](NC(=O)[C@@H](N)CCC(=O)O)C(=O)N[C@@H](CCCCN)C(=O)N[C@@H](CCCCN)C(=O)N[C@@H](CCCCN)C(=O)N[C@@H](Cc1ccccc1)C(=O)N[C@@H](C)C(=O)N[C@@H](CC(=O)O)C(=O)N[C@H](C(=O)N[C@@H](Cc1ccccc1)C(=O)O)C(C)C. The van der Waals surface area contributed by atoms with E-state index < -0.39 is 144 Å². The lowest BCUT2D eigenvalue weighted by atomic mass is 10.0. The molecule has 2 rings (SSSR count). The molecule has 10 atom stereocenters. The molecule has 0 saturated carbocycles. The number of carbonyl (C=O) groups is 12. The van der Waals surface area contributed by atoms with Gasteiger partial charge in [-0.15, -0.1) is 0 Å². The minimum atomic E-state index is -1.81. The molecule has 0 spiro atoms. The van der Waals surface area contributed by atoms with Crippen LogP contribution < -0.4 is 70.8 Å². The highest BCUT2D eigenvalue weighted by atomic mass is 32.2. The maximum atomic E-state index is 14.5. The molecule has 0 fully saturated rings. The summed E-state index contributed by atoms with van der Waals surface area (Å²) in [6, 6.07) is 3.07. The molecule has 87 heavy (non-hydrogen) atoms. The van der Waals surface area contributed by atoms with Crippen LogP contribution in [0.25, 0.3) is 0 Å². The fourth-order valence-corrected chi connectivity index (χ4v) is 9.26. The third kappa shape index (κ3) is 29.5. The molecule has 0 radical (unpaired) electrons. The summed E-state index contributed by atoms with van der Waals surface area (Å²) in [5.41, 5.74) is 24.5. The Morgan fingerprint density at radius 3 is 1.21 bits per heavy atom. The van der Waals surface area contributed by atoms with Crippen LogP contribution in [-0.2, 0) is 70.4 Å². The predicted molar refractivity (Wildman–Crippen MR) is 325 cm³/mol. The second-order valence-corrected chi connectivity index (χ2v) is 22.4. The summed E-state index contributed by atoms with van der Waals surface area (Å²) in [7, 11) is 0. The molecule has 0 unspecified atom stereocenters. The number of unbranched alkanes of at least 4 members (excludes halogenated alkanes) is 3. The van der Waals surface area contributed by atoms with Gasteiger partial charge in [-0.1, -0.05) is 74.5 Å². The van der Waals surface area contributed by atoms with E-state index in [2.05, 4.69) is 47.9 Å². The number of nitrogens with one attached hydrogen (secondary N) is 9. The van der Waals surface area contributed by atoms with Crippen molar-refractivity contribution in [1.82, 2.24) is 47.9 Å². The molecular formula is C58H91N13O15S. The molecule has 9 amide bonds. The third-order valence-corrected chi connectivity index (χ3v) is 14.5. The summed E-state index contributed by atoms with van der Waals surface area (Å²) in [5.74, 6) is -12.1. The summed E-state index contributed by atoms with van der Waals surface area (Å²) < 4.78 is 0. The Kier molecular flexibility index (Phi) is 35.8. The Bertz CT molecular complexity index is 2550. The number of hydrogen-bond acceptors (Lipinski definition) is 17. The summed E-state index contributed by atoms with van der Waals surface area (Å²) in [6.45, 7) is 5.08. The summed E-state index contributed by atoms with van der Waals surface area (Å²) in [5, 5.41) is 51.8. The van der Waals surface area contributed by atoms with Gasteiger partial charge in [0.15, 0.2) is 0 Å². The number of benzene rings is 2. The largest absolute Gasteiger partial charge is 0.481 e. The van der Waals surface area contributed by atoms with Gasteiger partial charge in [0.2, 0.25) is 53.2 Å². The number of carboxylic acids is 3. The van der Waals surface area contributed by atoms with Crippen molar-refractivity contribution in [3.05, 3.63) is 71.8 Å². The number of amides is 9. The standard InChI is InChI=1S/C58H91N13O15S/c1-34(2)48(57(84)70-45(58(85)86)32-37-19-9-6-10-20-37)71-56(83)44(33-47(74)75)68-49(76)35(3)63-55(82)43(31-36-17-7-5-8-18-36)69-53(80)41(23-13-16-29-61)66-51(78)39(21-11-14-27-59)65-52(79)40(22-12-15-28-60)67-54(81)42(26-30-87-4)64-50(77)38(62)24-25-46(72)73/h5-10,17-20,34-35,38-45,48H,11-16,21-33,59-62H2,1-4H3,(H,63,82)(H,64,77)(H,65,79)(H,66,78)(H,67,81)(H,68,76)(H,69,80)(H,70,84)(H,71,83)(H,72,73)(H,74,75)(H,85,86)/t35-,38-,39-,40-,41-,42-,43-,44-,45-,48-/m0/s1. The number of aliphatic carboxylic acids is 3. The lowest BCUT2D eigenvalue weighted by Gasteiger charge is -2.28. The van der Waals surface area contributed by atoms with Gasteiger partial charge in [-0.2, -0.15) is 11.8 Å². The van der Waals surface area contributed by atoms with Crippen LogP contribution in [0.15, 0.2) is 60.7 Å². The maximum Gasteiger partial charge on any atom is 0.326 e. The smallest absolute Gasteiger partial charge is 0.326 e. The van der Waals surface area contributed by atoms with E-state index in [-0.39, 0.29) is 71.0 Å². The van der Waals surface area contributed by atoms with Gasteiger partial charge in [-0.3, -0.25) is 52.7 Å². The van der Waals surface area contributed by atoms with Gasteiger partial charge >= 0.3 is 17.9 Å². The van der Waals surface area contributed by atoms with E-state index in [4.69, 9.17) is 28.0 Å². The van der Waals surface area contributed by atoms with Gasteiger partial charge in [-0.25, -0.2) is 4.79 Å². The highest BCUT2D eigenvalue weighted by Gasteiger charge is 2.36. The lowest BCUT2D eigenvalue weighted by molar-refractivity contribution is -0.143. The van der Waals surface area contributed by atoms with Crippen molar-refractivity contribution in [2.45, 2.75) is 178 Å². The maximum absolute atomic E-state index is 14.5. The molecule has 0 saturated heterocycles. The molecule has 28 nitrogen and oxygen atoms in total. The zero-order valence-corrected chi connectivity index (χ0v) is 50.8. The van der Waals surface area contributed by atoms with Crippen LogP contribution in [0.2, 0.25) is 0 Å². The molecule has 0 heterocycles. The first-order valence-corrected chi connectivity index (χ1v) is 30.6. The number of nitrogens with two attached hydrogens (primary N) is 4. The van der Waals surface area contributed by atoms with Crippen molar-refractivity contribution in [2.75, 3.05) is 31.6 Å². The van der Waals surface area contributed by atoms with Crippen molar-refractivity contribution >= 4 is 82.8 Å². The van der Waals surface area contributed by atoms with Gasteiger partial charge in [0, 0.05) is 19.3 Å². The number of carboxylic acid groups (broad SMARTS) is 3. The van der Waals surface area contributed by atoms with Crippen molar-refractivity contribution in [1.29, 1.82) is 0 Å². The summed E-state index contributed by atoms with van der Waals surface area (Å²) >= 11 is 1.39. The topological polar surface area (TPSA) is 478 Å². The van der Waals surface area contributed by atoms with Gasteiger partial charge in [0.05, 0.1) is 12.5 Å². The number of hydrogen-bond donors (Lipinski definition) is 16. The molecule has 2 aromatic rings. The Hall–Kier alpha value is -7.73. The average Bonchev–Trinajstić information content (AvgIpc) is 3.40. The number of thioether (sulfide) groups is 1. The monoisotopic (exact) mass is 1240 g/mol. The van der Waals surface area contributed by atoms with Crippen LogP contribution in [0, 0.1) is 5.92 Å². The molecule has 0 aromatic heterocycles. The molecule has 29 heteroatoms. The van der Waals surface area contributed by atoms with E-state index in [1.54, 1.807) is 80.8 Å². The molecular weight excluding hydrogens is 1150 g/mol. The van der Waals surface area contributed by atoms with E-state index in [0.717, 1.165) is 0 Å². The molecule has 2 aromatic carbocycles. The minimum Gasteiger partial charge on any atom is -0.481 e. The zero-order valence-electron chi connectivity index (χ0n) is 50.0. The van der Waals surface area contributed by atoms with E-state index in [0.29, 0.717) is 55.4 Å². The number of rotatable bonds is 44. The average molecular weight is 1240 g/mol. The van der Waals surface area contributed by atoms with Gasteiger partial charge in [0.1, 0.15) is 54.4 Å². The van der Waals surface area contributed by atoms with Crippen molar-refractivity contribution in [3.8, 4) is 0 Å². The quantitative estimate of drug-likeness (QED) is 0.0332. The van der Waals surface area contributed by atoms with Crippen LogP contribution in [0.1, 0.15) is 115 Å². The van der Waals surface area contributed by atoms with Gasteiger partial charge in [0.25, 0.3) is 0 Å². The van der Waals surface area contributed by atoms with Crippen LogP contribution >= 0.6 is 11.8 Å². The molecule has 484 valence electrons. The second kappa shape index (κ2) is 41.4. The van der Waals surface area contributed by atoms with E-state index in [1.807, 2.05) is 0 Å². The normalized spacial score (nSPS) is 14.5. The Morgan fingerprint density at radius 1 is 0.425 bits per heavy atom. The first kappa shape index (κ1) is 75.4. The van der Waals surface area contributed by atoms with Crippen molar-refractivity contribution in [2.24, 2.45) is 28.9 Å². The summed E-state index contributed by atoms with van der Waals surface area (Å²) in [4.78, 5) is 161. The van der Waals surface area contributed by atoms with Crippen LogP contribution in [0.3, 0.4) is 0 Å². The molecule has 0 aliphatic heterocycles. The van der Waals surface area contributed by atoms with Crippen LogP contribution in [-0.4, -0.2) is 178 Å². The van der Waals surface area contributed by atoms with E-state index >= 15 is 0 Å². The van der Waals surface area contributed by atoms with E-state index in [1.165, 1.54) is 18.7 Å². The lowest BCUT2D eigenvalue weighted by Crippen LogP contribution is -2.61. The molecule has 0 bridgehead atoms. The third-order valence-electron chi connectivity index (χ3n) is 13.8. The zero-order chi connectivity index (χ0) is 65.0. The van der Waals surface area contributed by atoms with Crippen LogP contribution in [0.4, 0.5) is 0 Å². The van der Waals surface area contributed by atoms with Gasteiger partial charge < -0.3 is 86.1 Å². The highest BCUT2D eigenvalue weighted by Crippen LogP contribution is 2.13. The fraction of sp³-hybridized carbons (Fsp3) is 0.586. The first-order valence-electron chi connectivity index (χ1n) is 29.2. The molecule has 0 aliphatic carbocycles. The molecule has 20 N–H and O–H groups in total. The fourth-order valence-electron chi connectivity index (χ4n) is 8.79. The minimum absolute atomic E-state index is 0.00218. The Morgan fingerprint density at radius 2 is 0.805 bits per heavy atom. The van der Waals surface area contributed by atoms with Crippen molar-refractivity contribution in [3.63, 3.8) is 0 Å². The van der Waals surface area contributed by atoms with E-state index in [9.17, 15) is 67.7 Å². The summed E-state index contributed by atoms with van der Waals surface area (Å²) in [6.07, 6.45) is 2.53. The Labute approximate surface area is 511 Å². The van der Waals surface area contributed by atoms with Crippen molar-refractivity contribution < 1.29 is 72.9 Å². The van der Waals surface area contributed by atoms with Gasteiger partial charge in [-0.05, 0) is 126 Å². The molecule has 0 aliphatic rings. The van der Waals surface area contributed by atoms with Crippen LogP contribution in [0.5, 0.6) is 0 Å². The Balaban J connectivity index is 2.42. The first-order chi connectivity index (χ1) is 41.3. The number of carbonyl (C=O) groups excluding carboxylic acids is 9. The second-order valence-electron chi connectivity index (χ2n) is 21.4. The predicted octanol–water partition coefficient (Wildman–Crippen LogP) is -1.60. The highest BCUT2D eigenvalue weighted by molar-refractivity contribution is 7.98.